The van der Waals surface area contributed by atoms with Crippen LogP contribution >= 0.6 is 0 Å². The van der Waals surface area contributed by atoms with Gasteiger partial charge in [-0.15, -0.1) is 0 Å². The van der Waals surface area contributed by atoms with E-state index in [0.29, 0.717) is 37.3 Å². The molecule has 0 aromatic rings. The Hall–Kier alpha value is -0.900. The summed E-state index contributed by atoms with van der Waals surface area (Å²) >= 11 is 0. The minimum Gasteiger partial charge on any atom is -0.378 e. The number of imide groups is 1. The third kappa shape index (κ3) is 4.79. The first kappa shape index (κ1) is 18.4. The first-order valence-corrected chi connectivity index (χ1v) is 9.28. The standard InChI is InChI=1S/C19H33NO3/c1-14(2)7-8-19(10-12-23-16(13-19)15(3)4)9-11-20-17(21)5-6-18(20)22/h14-16H,5-13H2,1-4H3/t16-,19-/m1/s1. The van der Waals surface area contributed by atoms with E-state index in [4.69, 9.17) is 4.74 Å². The van der Waals surface area contributed by atoms with Gasteiger partial charge in [0, 0.05) is 26.0 Å². The highest BCUT2D eigenvalue weighted by Crippen LogP contribution is 2.43. The van der Waals surface area contributed by atoms with Gasteiger partial charge in [0.25, 0.3) is 0 Å². The molecule has 0 aliphatic carbocycles. The van der Waals surface area contributed by atoms with Crippen LogP contribution in [0.3, 0.4) is 0 Å². The van der Waals surface area contributed by atoms with Crippen LogP contribution in [0.25, 0.3) is 0 Å². The number of likely N-dealkylation sites (tertiary alicyclic amines) is 1. The number of carbonyl (C=O) groups excluding carboxylic acids is 2. The van der Waals surface area contributed by atoms with Gasteiger partial charge in [-0.2, -0.15) is 0 Å². The quantitative estimate of drug-likeness (QED) is 0.670. The Labute approximate surface area is 140 Å². The van der Waals surface area contributed by atoms with Gasteiger partial charge in [-0.05, 0) is 42.9 Å². The number of hydrogen-bond acceptors (Lipinski definition) is 3. The molecular formula is C19H33NO3. The fraction of sp³-hybridized carbons (Fsp3) is 0.895. The molecule has 4 heteroatoms. The van der Waals surface area contributed by atoms with Crippen LogP contribution in [0, 0.1) is 17.3 Å². The lowest BCUT2D eigenvalue weighted by atomic mass is 9.69. The Bertz CT molecular complexity index is 416. The minimum atomic E-state index is 0.0153. The second kappa shape index (κ2) is 7.78. The number of amides is 2. The van der Waals surface area contributed by atoms with E-state index in [1.165, 1.54) is 17.7 Å². The monoisotopic (exact) mass is 323 g/mol. The number of rotatable bonds is 7. The predicted molar refractivity (Wildman–Crippen MR) is 90.9 cm³/mol. The van der Waals surface area contributed by atoms with Crippen LogP contribution in [0.2, 0.25) is 0 Å². The molecule has 2 atom stereocenters. The van der Waals surface area contributed by atoms with Crippen LogP contribution in [0.1, 0.15) is 72.6 Å². The molecule has 2 aliphatic heterocycles. The van der Waals surface area contributed by atoms with E-state index < -0.39 is 0 Å². The summed E-state index contributed by atoms with van der Waals surface area (Å²) in [5.74, 6) is 1.23. The third-order valence-corrected chi connectivity index (χ3v) is 5.61. The maximum Gasteiger partial charge on any atom is 0.229 e. The highest BCUT2D eigenvalue weighted by Gasteiger charge is 2.39. The molecule has 2 aliphatic rings. The van der Waals surface area contributed by atoms with Gasteiger partial charge >= 0.3 is 0 Å². The molecule has 0 spiro atoms. The van der Waals surface area contributed by atoms with E-state index in [1.54, 1.807) is 0 Å². The Balaban J connectivity index is 2.03. The lowest BCUT2D eigenvalue weighted by molar-refractivity contribution is -0.139. The van der Waals surface area contributed by atoms with Gasteiger partial charge in [-0.1, -0.05) is 34.1 Å². The van der Waals surface area contributed by atoms with Gasteiger partial charge in [0.05, 0.1) is 6.10 Å². The Kier molecular flexibility index (Phi) is 6.24. The van der Waals surface area contributed by atoms with Crippen molar-refractivity contribution in [1.82, 2.24) is 4.90 Å². The van der Waals surface area contributed by atoms with Crippen LogP contribution in [-0.2, 0) is 14.3 Å². The zero-order valence-electron chi connectivity index (χ0n) is 15.3. The van der Waals surface area contributed by atoms with E-state index in [2.05, 4.69) is 27.7 Å². The largest absolute Gasteiger partial charge is 0.378 e. The minimum absolute atomic E-state index is 0.0153. The Morgan fingerprint density at radius 2 is 1.78 bits per heavy atom. The molecule has 0 saturated carbocycles. The summed E-state index contributed by atoms with van der Waals surface area (Å²) in [7, 11) is 0. The maximum atomic E-state index is 11.9. The average Bonchev–Trinajstić information content (AvgIpc) is 2.82. The molecule has 2 heterocycles. The van der Waals surface area contributed by atoms with Crippen molar-refractivity contribution < 1.29 is 14.3 Å². The van der Waals surface area contributed by atoms with Crippen LogP contribution < -0.4 is 0 Å². The smallest absolute Gasteiger partial charge is 0.229 e. The SMILES string of the molecule is CC(C)CC[C@@]1(CCN2C(=O)CCC2=O)CCO[C@@H](C(C)C)C1. The van der Waals surface area contributed by atoms with Crippen molar-refractivity contribution in [3.63, 3.8) is 0 Å². The summed E-state index contributed by atoms with van der Waals surface area (Å²) < 4.78 is 5.97. The highest BCUT2D eigenvalue weighted by atomic mass is 16.5. The van der Waals surface area contributed by atoms with Gasteiger partial charge in [-0.3, -0.25) is 14.5 Å². The number of ether oxygens (including phenoxy) is 1. The van der Waals surface area contributed by atoms with E-state index in [0.717, 1.165) is 25.9 Å². The van der Waals surface area contributed by atoms with Crippen LogP contribution in [-0.4, -0.2) is 36.0 Å². The van der Waals surface area contributed by atoms with Gasteiger partial charge in [0.1, 0.15) is 0 Å². The van der Waals surface area contributed by atoms with Crippen molar-refractivity contribution in [3.05, 3.63) is 0 Å². The molecule has 0 aromatic carbocycles. The van der Waals surface area contributed by atoms with Gasteiger partial charge < -0.3 is 4.74 Å². The molecule has 2 rings (SSSR count). The first-order chi connectivity index (χ1) is 10.8. The topological polar surface area (TPSA) is 46.6 Å². The zero-order chi connectivity index (χ0) is 17.0. The zero-order valence-corrected chi connectivity index (χ0v) is 15.3. The van der Waals surface area contributed by atoms with Crippen molar-refractivity contribution in [2.75, 3.05) is 13.2 Å². The molecule has 2 saturated heterocycles. The lowest BCUT2D eigenvalue weighted by Gasteiger charge is -2.43. The van der Waals surface area contributed by atoms with Crippen molar-refractivity contribution in [2.45, 2.75) is 78.7 Å². The van der Waals surface area contributed by atoms with Crippen molar-refractivity contribution in [3.8, 4) is 0 Å². The summed E-state index contributed by atoms with van der Waals surface area (Å²) in [5, 5.41) is 0. The van der Waals surface area contributed by atoms with E-state index >= 15 is 0 Å². The number of nitrogens with zero attached hydrogens (tertiary/aromatic N) is 1. The molecule has 0 aromatic heterocycles. The van der Waals surface area contributed by atoms with Crippen LogP contribution in [0.5, 0.6) is 0 Å². The van der Waals surface area contributed by atoms with E-state index in [-0.39, 0.29) is 17.2 Å². The molecule has 0 N–H and O–H groups in total. The molecule has 0 radical (unpaired) electrons. The van der Waals surface area contributed by atoms with Crippen molar-refractivity contribution in [1.29, 1.82) is 0 Å². The van der Waals surface area contributed by atoms with Crippen LogP contribution in [0.4, 0.5) is 0 Å². The fourth-order valence-electron chi connectivity index (χ4n) is 3.84. The normalized spacial score (nSPS) is 29.1. The maximum absolute atomic E-state index is 11.9. The molecular weight excluding hydrogens is 290 g/mol. The molecule has 2 fully saturated rings. The number of carbonyl (C=O) groups is 2. The summed E-state index contributed by atoms with van der Waals surface area (Å²) in [6.45, 7) is 10.4. The van der Waals surface area contributed by atoms with Gasteiger partial charge in [0.2, 0.25) is 11.8 Å². The van der Waals surface area contributed by atoms with Gasteiger partial charge in [-0.25, -0.2) is 0 Å². The average molecular weight is 323 g/mol. The molecule has 132 valence electrons. The number of hydrogen-bond donors (Lipinski definition) is 0. The highest BCUT2D eigenvalue weighted by molar-refractivity contribution is 6.01. The summed E-state index contributed by atoms with van der Waals surface area (Å²) in [4.78, 5) is 25.3. The second-order valence-electron chi connectivity index (χ2n) is 8.23. The Morgan fingerprint density at radius 1 is 1.13 bits per heavy atom. The van der Waals surface area contributed by atoms with Crippen molar-refractivity contribution >= 4 is 11.8 Å². The summed E-state index contributed by atoms with van der Waals surface area (Å²) in [6, 6.07) is 0. The molecule has 0 unspecified atom stereocenters. The van der Waals surface area contributed by atoms with Crippen molar-refractivity contribution in [2.24, 2.45) is 17.3 Å². The molecule has 4 nitrogen and oxygen atoms in total. The van der Waals surface area contributed by atoms with Gasteiger partial charge in [0.15, 0.2) is 0 Å². The third-order valence-electron chi connectivity index (χ3n) is 5.61. The second-order valence-corrected chi connectivity index (χ2v) is 8.23. The summed E-state index contributed by atoms with van der Waals surface area (Å²) in [5.41, 5.74) is 0.223. The predicted octanol–water partition coefficient (Wildman–Crippen LogP) is 3.78. The van der Waals surface area contributed by atoms with E-state index in [1.807, 2.05) is 0 Å². The van der Waals surface area contributed by atoms with E-state index in [9.17, 15) is 9.59 Å². The fourth-order valence-corrected chi connectivity index (χ4v) is 3.84. The Morgan fingerprint density at radius 3 is 2.35 bits per heavy atom. The van der Waals surface area contributed by atoms with Crippen LogP contribution in [0.15, 0.2) is 0 Å². The lowest BCUT2D eigenvalue weighted by Crippen LogP contribution is -2.41. The summed E-state index contributed by atoms with van der Waals surface area (Å²) in [6.07, 6.45) is 6.53. The molecule has 2 amide bonds. The molecule has 23 heavy (non-hydrogen) atoms. The first-order valence-electron chi connectivity index (χ1n) is 9.28. The molecule has 0 bridgehead atoms.